The van der Waals surface area contributed by atoms with Crippen molar-refractivity contribution >= 4 is 27.4 Å². The van der Waals surface area contributed by atoms with Crippen molar-refractivity contribution in [2.75, 3.05) is 18.0 Å². The normalized spacial score (nSPS) is 18.5. The number of aliphatic hydroxyl groups is 1. The summed E-state index contributed by atoms with van der Waals surface area (Å²) in [6.45, 7) is 3.52. The Balaban J connectivity index is 1.90. The molecular formula is C18H19N3OS. The largest absolute Gasteiger partial charge is 0.391 e. The van der Waals surface area contributed by atoms with E-state index in [0.29, 0.717) is 6.54 Å². The van der Waals surface area contributed by atoms with Gasteiger partial charge in [-0.25, -0.2) is 9.97 Å². The second-order valence-electron chi connectivity index (χ2n) is 6.03. The first-order chi connectivity index (χ1) is 11.2. The summed E-state index contributed by atoms with van der Waals surface area (Å²) in [5.74, 6) is 1.75. The maximum atomic E-state index is 10.0. The minimum absolute atomic E-state index is 0.270. The van der Waals surface area contributed by atoms with E-state index in [9.17, 15) is 5.11 Å². The number of fused-ring (bicyclic) bond motifs is 1. The van der Waals surface area contributed by atoms with Crippen LogP contribution in [0.4, 0.5) is 5.82 Å². The van der Waals surface area contributed by atoms with E-state index in [0.717, 1.165) is 41.2 Å². The molecule has 1 atom stereocenters. The van der Waals surface area contributed by atoms with E-state index in [1.165, 1.54) is 11.1 Å². The maximum Gasteiger partial charge on any atom is 0.141 e. The van der Waals surface area contributed by atoms with Crippen LogP contribution in [0.2, 0.25) is 0 Å². The van der Waals surface area contributed by atoms with Gasteiger partial charge in [-0.1, -0.05) is 30.3 Å². The second kappa shape index (κ2) is 5.91. The number of aromatic nitrogens is 2. The molecule has 1 N–H and O–H groups in total. The molecule has 0 bridgehead atoms. The smallest absolute Gasteiger partial charge is 0.141 e. The molecule has 1 aromatic carbocycles. The van der Waals surface area contributed by atoms with E-state index < -0.39 is 0 Å². The number of aliphatic hydroxyl groups excluding tert-OH is 1. The van der Waals surface area contributed by atoms with Crippen LogP contribution in [-0.2, 0) is 0 Å². The number of β-amino-alcohol motifs (C(OH)–C–C–N with tert-alkyl or cyclic N) is 1. The Hall–Kier alpha value is -1.98. The van der Waals surface area contributed by atoms with Crippen molar-refractivity contribution < 1.29 is 5.11 Å². The molecular weight excluding hydrogens is 306 g/mol. The fourth-order valence-electron chi connectivity index (χ4n) is 3.23. The van der Waals surface area contributed by atoms with Gasteiger partial charge in [-0.15, -0.1) is 11.3 Å². The maximum absolute atomic E-state index is 10.0. The monoisotopic (exact) mass is 325 g/mol. The molecule has 1 aliphatic rings. The lowest BCUT2D eigenvalue weighted by atomic mass is 10.0. The van der Waals surface area contributed by atoms with Gasteiger partial charge in [-0.2, -0.15) is 0 Å². The minimum Gasteiger partial charge on any atom is -0.391 e. The molecule has 4 rings (SSSR count). The van der Waals surface area contributed by atoms with Gasteiger partial charge in [-0.3, -0.25) is 0 Å². The molecule has 118 valence electrons. The topological polar surface area (TPSA) is 49.2 Å². The Morgan fingerprint density at radius 2 is 2.04 bits per heavy atom. The molecule has 0 unspecified atom stereocenters. The average Bonchev–Trinajstić information content (AvgIpc) is 2.98. The van der Waals surface area contributed by atoms with Gasteiger partial charge in [0.25, 0.3) is 0 Å². The molecule has 5 heteroatoms. The highest BCUT2D eigenvalue weighted by molar-refractivity contribution is 7.17. The first kappa shape index (κ1) is 14.6. The van der Waals surface area contributed by atoms with Crippen LogP contribution >= 0.6 is 11.3 Å². The Kier molecular flexibility index (Phi) is 3.75. The first-order valence-corrected chi connectivity index (χ1v) is 8.84. The van der Waals surface area contributed by atoms with Crippen LogP contribution in [0.1, 0.15) is 18.7 Å². The summed E-state index contributed by atoms with van der Waals surface area (Å²) >= 11 is 1.66. The summed E-state index contributed by atoms with van der Waals surface area (Å²) in [7, 11) is 0. The van der Waals surface area contributed by atoms with Crippen LogP contribution in [0.15, 0.2) is 35.7 Å². The van der Waals surface area contributed by atoms with Crippen LogP contribution < -0.4 is 4.90 Å². The van der Waals surface area contributed by atoms with Crippen LogP contribution in [0, 0.1) is 6.92 Å². The lowest BCUT2D eigenvalue weighted by Crippen LogP contribution is -2.39. The van der Waals surface area contributed by atoms with Crippen molar-refractivity contribution in [2.45, 2.75) is 25.9 Å². The van der Waals surface area contributed by atoms with Gasteiger partial charge in [0, 0.05) is 24.0 Å². The first-order valence-electron chi connectivity index (χ1n) is 7.96. The Bertz CT molecular complexity index is 831. The summed E-state index contributed by atoms with van der Waals surface area (Å²) in [5, 5.41) is 13.3. The molecule has 0 amide bonds. The number of hydrogen-bond acceptors (Lipinski definition) is 5. The van der Waals surface area contributed by atoms with Gasteiger partial charge in [-0.05, 0) is 25.3 Å². The fraction of sp³-hybridized carbons (Fsp3) is 0.333. The van der Waals surface area contributed by atoms with Gasteiger partial charge in [0.1, 0.15) is 16.5 Å². The summed E-state index contributed by atoms with van der Waals surface area (Å²) in [4.78, 5) is 12.6. The zero-order valence-electron chi connectivity index (χ0n) is 13.1. The molecule has 4 nitrogen and oxygen atoms in total. The van der Waals surface area contributed by atoms with Crippen molar-refractivity contribution in [1.82, 2.24) is 9.97 Å². The highest BCUT2D eigenvalue weighted by Crippen LogP contribution is 2.38. The van der Waals surface area contributed by atoms with Crippen molar-refractivity contribution in [2.24, 2.45) is 0 Å². The van der Waals surface area contributed by atoms with Crippen LogP contribution in [-0.4, -0.2) is 34.3 Å². The molecule has 0 aliphatic carbocycles. The van der Waals surface area contributed by atoms with Gasteiger partial charge >= 0.3 is 0 Å². The third kappa shape index (κ3) is 2.71. The summed E-state index contributed by atoms with van der Waals surface area (Å²) < 4.78 is 0. The Morgan fingerprint density at radius 1 is 1.22 bits per heavy atom. The molecule has 1 aliphatic heterocycles. The molecule has 0 spiro atoms. The van der Waals surface area contributed by atoms with Crippen LogP contribution in [0.3, 0.4) is 0 Å². The molecule has 3 heterocycles. The molecule has 0 radical (unpaired) electrons. The van der Waals surface area contributed by atoms with Gasteiger partial charge < -0.3 is 10.0 Å². The number of anilines is 1. The third-order valence-corrected chi connectivity index (χ3v) is 5.18. The molecule has 2 aromatic heterocycles. The molecule has 3 aromatic rings. The quantitative estimate of drug-likeness (QED) is 0.782. The van der Waals surface area contributed by atoms with E-state index in [-0.39, 0.29) is 6.10 Å². The predicted octanol–water partition coefficient (Wildman–Crippen LogP) is 3.63. The number of piperidine rings is 1. The number of hydrogen-bond donors (Lipinski definition) is 1. The summed E-state index contributed by atoms with van der Waals surface area (Å²) in [6.07, 6.45) is 1.60. The van der Waals surface area contributed by atoms with E-state index in [1.54, 1.807) is 11.3 Å². The third-order valence-electron chi connectivity index (χ3n) is 4.31. The number of benzene rings is 1. The zero-order valence-corrected chi connectivity index (χ0v) is 13.9. The Labute approximate surface area is 139 Å². The van der Waals surface area contributed by atoms with Crippen molar-refractivity contribution in [3.63, 3.8) is 0 Å². The summed E-state index contributed by atoms with van der Waals surface area (Å²) in [5.41, 5.74) is 2.37. The van der Waals surface area contributed by atoms with E-state index >= 15 is 0 Å². The SMILES string of the molecule is Cc1nc(N2CCC[C@H](O)C2)c2c(-c3ccccc3)csc2n1. The zero-order chi connectivity index (χ0) is 15.8. The lowest BCUT2D eigenvalue weighted by molar-refractivity contribution is 0.154. The average molecular weight is 325 g/mol. The van der Waals surface area contributed by atoms with Crippen molar-refractivity contribution in [3.8, 4) is 11.1 Å². The standard InChI is InChI=1S/C18H19N3OS/c1-12-19-17(21-9-5-8-14(22)10-21)16-15(11-23-18(16)20-12)13-6-3-2-4-7-13/h2-4,6-7,11,14,22H,5,8-10H2,1H3/t14-/m0/s1. The molecule has 23 heavy (non-hydrogen) atoms. The number of thiophene rings is 1. The van der Waals surface area contributed by atoms with E-state index in [4.69, 9.17) is 4.98 Å². The van der Waals surface area contributed by atoms with E-state index in [2.05, 4.69) is 39.5 Å². The minimum atomic E-state index is -0.270. The van der Waals surface area contributed by atoms with Crippen molar-refractivity contribution in [1.29, 1.82) is 0 Å². The predicted molar refractivity (Wildman–Crippen MR) is 95.0 cm³/mol. The van der Waals surface area contributed by atoms with Crippen LogP contribution in [0.5, 0.6) is 0 Å². The summed E-state index contributed by atoms with van der Waals surface area (Å²) in [6, 6.07) is 10.4. The number of nitrogens with zero attached hydrogens (tertiary/aromatic N) is 3. The Morgan fingerprint density at radius 3 is 2.83 bits per heavy atom. The highest BCUT2D eigenvalue weighted by Gasteiger charge is 2.23. The number of aryl methyl sites for hydroxylation is 1. The molecule has 1 saturated heterocycles. The van der Waals surface area contributed by atoms with E-state index in [1.807, 2.05) is 13.0 Å². The van der Waals surface area contributed by atoms with Crippen LogP contribution in [0.25, 0.3) is 21.3 Å². The van der Waals surface area contributed by atoms with Gasteiger partial charge in [0.05, 0.1) is 11.5 Å². The van der Waals surface area contributed by atoms with Crippen molar-refractivity contribution in [3.05, 3.63) is 41.5 Å². The molecule has 1 fully saturated rings. The number of rotatable bonds is 2. The lowest BCUT2D eigenvalue weighted by Gasteiger charge is -2.31. The molecule has 0 saturated carbocycles. The van der Waals surface area contributed by atoms with Gasteiger partial charge in [0.15, 0.2) is 0 Å². The fourth-order valence-corrected chi connectivity index (χ4v) is 4.22. The second-order valence-corrected chi connectivity index (χ2v) is 6.89. The highest BCUT2D eigenvalue weighted by atomic mass is 32.1. The van der Waals surface area contributed by atoms with Gasteiger partial charge in [0.2, 0.25) is 0 Å².